The Morgan fingerprint density at radius 3 is 2.83 bits per heavy atom. The molecule has 3 amide bonds. The molecule has 3 heterocycles. The molecule has 2 aromatic rings. The van der Waals surface area contributed by atoms with Gasteiger partial charge < -0.3 is 15.5 Å². The van der Waals surface area contributed by atoms with Crippen LogP contribution in [0.3, 0.4) is 0 Å². The number of nitrogens with zero attached hydrogens (tertiary/aromatic N) is 4. The van der Waals surface area contributed by atoms with Crippen LogP contribution in [0.1, 0.15) is 44.2 Å². The number of amides is 3. The van der Waals surface area contributed by atoms with Gasteiger partial charge in [-0.3, -0.25) is 4.79 Å². The molecule has 2 saturated heterocycles. The molecular weight excluding hydrogens is 400 g/mol. The first kappa shape index (κ1) is 20.7. The number of benzene rings is 1. The van der Waals surface area contributed by atoms with Gasteiger partial charge in [-0.25, -0.2) is 14.5 Å². The lowest BCUT2D eigenvalue weighted by Gasteiger charge is -2.26. The molecule has 0 saturated carbocycles. The van der Waals surface area contributed by atoms with Crippen LogP contribution in [0.5, 0.6) is 0 Å². The Kier molecular flexibility index (Phi) is 6.26. The third kappa shape index (κ3) is 4.45. The standard InChI is InChI=1S/C21H28N6O2S/c1-14(15-7-9-16(10-8-15)27-13-22-12-23-27)26(2)19(28)6-4-3-5-18-20-17(11-30-18)24-21(29)25-20/h7-10,12-14,17-18,20H,3-6,11H2,1-2H3,(H2,24,25,29)/t14?,17-,18-,20-/m0/s1. The van der Waals surface area contributed by atoms with Crippen LogP contribution in [0.2, 0.25) is 0 Å². The molecule has 2 N–H and O–H groups in total. The maximum absolute atomic E-state index is 12.7. The Hall–Kier alpha value is -2.55. The zero-order valence-corrected chi connectivity index (χ0v) is 18.1. The molecule has 2 aliphatic rings. The number of urea groups is 1. The van der Waals surface area contributed by atoms with E-state index in [1.165, 1.54) is 6.33 Å². The van der Waals surface area contributed by atoms with E-state index in [0.717, 1.165) is 36.3 Å². The van der Waals surface area contributed by atoms with Crippen molar-refractivity contribution < 1.29 is 9.59 Å². The van der Waals surface area contributed by atoms with E-state index >= 15 is 0 Å². The number of thioether (sulfide) groups is 1. The van der Waals surface area contributed by atoms with Gasteiger partial charge in [0.1, 0.15) is 12.7 Å². The van der Waals surface area contributed by atoms with E-state index in [2.05, 4.69) is 20.7 Å². The molecule has 160 valence electrons. The van der Waals surface area contributed by atoms with Crippen LogP contribution < -0.4 is 10.6 Å². The smallest absolute Gasteiger partial charge is 0.315 e. The van der Waals surface area contributed by atoms with Crippen molar-refractivity contribution in [2.24, 2.45) is 0 Å². The highest BCUT2D eigenvalue weighted by molar-refractivity contribution is 8.00. The van der Waals surface area contributed by atoms with Gasteiger partial charge in [-0.05, 0) is 37.5 Å². The lowest BCUT2D eigenvalue weighted by molar-refractivity contribution is -0.131. The predicted molar refractivity (Wildman–Crippen MR) is 117 cm³/mol. The van der Waals surface area contributed by atoms with Gasteiger partial charge in [0.05, 0.1) is 23.8 Å². The second-order valence-electron chi connectivity index (χ2n) is 7.98. The summed E-state index contributed by atoms with van der Waals surface area (Å²) in [4.78, 5) is 29.9. The largest absolute Gasteiger partial charge is 0.339 e. The summed E-state index contributed by atoms with van der Waals surface area (Å²) in [6.07, 6.45) is 6.62. The van der Waals surface area contributed by atoms with Gasteiger partial charge >= 0.3 is 6.03 Å². The molecule has 4 atom stereocenters. The molecule has 30 heavy (non-hydrogen) atoms. The zero-order chi connectivity index (χ0) is 21.1. The van der Waals surface area contributed by atoms with Gasteiger partial charge in [-0.15, -0.1) is 0 Å². The fourth-order valence-corrected chi connectivity index (χ4v) is 5.67. The Morgan fingerprint density at radius 1 is 1.30 bits per heavy atom. The maximum Gasteiger partial charge on any atom is 0.315 e. The van der Waals surface area contributed by atoms with Crippen LogP contribution in [0, 0.1) is 0 Å². The molecule has 0 spiro atoms. The number of aromatic nitrogens is 3. The van der Waals surface area contributed by atoms with Crippen LogP contribution in [-0.2, 0) is 4.79 Å². The lowest BCUT2D eigenvalue weighted by Crippen LogP contribution is -2.36. The van der Waals surface area contributed by atoms with E-state index in [4.69, 9.17) is 0 Å². The van der Waals surface area contributed by atoms with Gasteiger partial charge in [0, 0.05) is 24.5 Å². The minimum absolute atomic E-state index is 0.00761. The first-order valence-electron chi connectivity index (χ1n) is 10.4. The van der Waals surface area contributed by atoms with Gasteiger partial charge in [0.2, 0.25) is 5.91 Å². The van der Waals surface area contributed by atoms with E-state index < -0.39 is 0 Å². The first-order valence-corrected chi connectivity index (χ1v) is 11.5. The normalized spacial score (nSPS) is 23.5. The van der Waals surface area contributed by atoms with Gasteiger partial charge in [0.15, 0.2) is 0 Å². The van der Waals surface area contributed by atoms with Crippen molar-refractivity contribution >= 4 is 23.7 Å². The minimum atomic E-state index is -0.0459. The number of carbonyl (C=O) groups excluding carboxylic acids is 2. The zero-order valence-electron chi connectivity index (χ0n) is 17.3. The van der Waals surface area contributed by atoms with Crippen LogP contribution >= 0.6 is 11.8 Å². The summed E-state index contributed by atoms with van der Waals surface area (Å²) in [5.74, 6) is 1.14. The van der Waals surface area contributed by atoms with E-state index in [1.807, 2.05) is 54.9 Å². The topological polar surface area (TPSA) is 92.2 Å². The molecule has 1 unspecified atom stereocenters. The highest BCUT2D eigenvalue weighted by Gasteiger charge is 2.42. The second kappa shape index (κ2) is 9.07. The molecule has 8 nitrogen and oxygen atoms in total. The lowest BCUT2D eigenvalue weighted by atomic mass is 10.0. The maximum atomic E-state index is 12.7. The molecule has 0 aliphatic carbocycles. The van der Waals surface area contributed by atoms with Gasteiger partial charge in [-0.2, -0.15) is 16.9 Å². The van der Waals surface area contributed by atoms with Crippen LogP contribution in [0.25, 0.3) is 5.69 Å². The third-order valence-electron chi connectivity index (χ3n) is 6.10. The molecule has 1 aromatic carbocycles. The second-order valence-corrected chi connectivity index (χ2v) is 9.25. The summed E-state index contributed by atoms with van der Waals surface area (Å²) < 4.78 is 1.71. The Morgan fingerprint density at radius 2 is 2.10 bits per heavy atom. The quantitative estimate of drug-likeness (QED) is 0.498. The Labute approximate surface area is 180 Å². The fourth-order valence-electron chi connectivity index (χ4n) is 4.13. The summed E-state index contributed by atoms with van der Waals surface area (Å²) in [5, 5.41) is 10.6. The first-order chi connectivity index (χ1) is 14.5. The number of nitrogens with one attached hydrogen (secondary N) is 2. The molecule has 0 bridgehead atoms. The number of fused-ring (bicyclic) bond motifs is 1. The summed E-state index contributed by atoms with van der Waals surface area (Å²) in [6, 6.07) is 8.50. The molecule has 1 aromatic heterocycles. The number of hydrogen-bond acceptors (Lipinski definition) is 5. The van der Waals surface area contributed by atoms with E-state index in [-0.39, 0.29) is 30.1 Å². The molecular formula is C21H28N6O2S. The highest BCUT2D eigenvalue weighted by atomic mass is 32.2. The predicted octanol–water partition coefficient (Wildman–Crippen LogP) is 2.51. The van der Waals surface area contributed by atoms with Crippen molar-refractivity contribution in [3.63, 3.8) is 0 Å². The average molecular weight is 429 g/mol. The fraction of sp³-hybridized carbons (Fsp3) is 0.524. The number of hydrogen-bond donors (Lipinski definition) is 2. The molecule has 9 heteroatoms. The van der Waals surface area contributed by atoms with Crippen molar-refractivity contribution in [2.75, 3.05) is 12.8 Å². The molecule has 0 radical (unpaired) electrons. The average Bonchev–Trinajstić information content (AvgIpc) is 3.48. The van der Waals surface area contributed by atoms with E-state index in [9.17, 15) is 9.59 Å². The highest BCUT2D eigenvalue weighted by Crippen LogP contribution is 2.33. The SMILES string of the molecule is CC(c1ccc(-n2cncn2)cc1)N(C)C(=O)CCCC[C@@H]1SC[C@@H]2NC(=O)N[C@@H]21. The Balaban J connectivity index is 1.22. The summed E-state index contributed by atoms with van der Waals surface area (Å²) in [7, 11) is 1.87. The number of rotatable bonds is 8. The van der Waals surface area contributed by atoms with Crippen molar-refractivity contribution in [1.82, 2.24) is 30.3 Å². The third-order valence-corrected chi connectivity index (χ3v) is 7.61. The van der Waals surface area contributed by atoms with Crippen LogP contribution in [0.4, 0.5) is 4.79 Å². The molecule has 4 rings (SSSR count). The van der Waals surface area contributed by atoms with Gasteiger partial charge in [0.25, 0.3) is 0 Å². The number of carbonyl (C=O) groups is 2. The Bertz CT molecular complexity index is 872. The molecule has 2 fully saturated rings. The van der Waals surface area contributed by atoms with Crippen molar-refractivity contribution in [3.05, 3.63) is 42.5 Å². The van der Waals surface area contributed by atoms with Crippen LogP contribution in [0.15, 0.2) is 36.9 Å². The van der Waals surface area contributed by atoms with Crippen molar-refractivity contribution in [2.45, 2.75) is 56.0 Å². The number of unbranched alkanes of at least 4 members (excludes halogenated alkanes) is 1. The summed E-state index contributed by atoms with van der Waals surface area (Å²) in [6.45, 7) is 2.05. The monoisotopic (exact) mass is 428 g/mol. The van der Waals surface area contributed by atoms with E-state index in [1.54, 1.807) is 11.0 Å². The van der Waals surface area contributed by atoms with Crippen molar-refractivity contribution in [3.8, 4) is 5.69 Å². The van der Waals surface area contributed by atoms with Gasteiger partial charge in [-0.1, -0.05) is 18.6 Å². The van der Waals surface area contributed by atoms with Crippen LogP contribution in [-0.4, -0.2) is 61.7 Å². The van der Waals surface area contributed by atoms with Crippen molar-refractivity contribution in [1.29, 1.82) is 0 Å². The minimum Gasteiger partial charge on any atom is -0.339 e. The van der Waals surface area contributed by atoms with E-state index in [0.29, 0.717) is 11.7 Å². The summed E-state index contributed by atoms with van der Waals surface area (Å²) in [5.41, 5.74) is 2.03. The molecule has 2 aliphatic heterocycles. The summed E-state index contributed by atoms with van der Waals surface area (Å²) >= 11 is 1.92.